The van der Waals surface area contributed by atoms with E-state index in [1.54, 1.807) is 12.1 Å². The van der Waals surface area contributed by atoms with Gasteiger partial charge in [-0.25, -0.2) is 9.37 Å². The number of pyridine rings is 1. The van der Waals surface area contributed by atoms with Gasteiger partial charge in [0, 0.05) is 49.1 Å². The first-order valence-corrected chi connectivity index (χ1v) is 12.7. The summed E-state index contributed by atoms with van der Waals surface area (Å²) in [6.45, 7) is 7.34. The van der Waals surface area contributed by atoms with Crippen LogP contribution in [-0.4, -0.2) is 52.5 Å². The Morgan fingerprint density at radius 3 is 2.76 bits per heavy atom. The fourth-order valence-electron chi connectivity index (χ4n) is 4.78. The summed E-state index contributed by atoms with van der Waals surface area (Å²) in [6, 6.07) is 11.5. The van der Waals surface area contributed by atoms with Crippen LogP contribution in [0.1, 0.15) is 47.3 Å². The Bertz CT molecular complexity index is 1250. The Kier molecular flexibility index (Phi) is 6.30. The Labute approximate surface area is 199 Å². The lowest BCUT2D eigenvalue weighted by molar-refractivity contribution is 0.127. The fourth-order valence-corrected chi connectivity index (χ4v) is 5.81. The summed E-state index contributed by atoms with van der Waals surface area (Å²) in [4.78, 5) is 16.3. The molecule has 0 saturated carbocycles. The molecule has 4 nitrogen and oxygen atoms in total. The maximum Gasteiger partial charge on any atom is 0.123 e. The van der Waals surface area contributed by atoms with Crippen molar-refractivity contribution in [3.8, 4) is 0 Å². The molecule has 1 unspecified atom stereocenters. The number of benzene rings is 1. The van der Waals surface area contributed by atoms with E-state index >= 15 is 0 Å². The second-order valence-corrected chi connectivity index (χ2v) is 10.5. The molecule has 1 aliphatic heterocycles. The SMILES string of the molecule is CC(C)c1nc2c(s1)CC=c1cccnc1=C2N1CCN(C)C(CCc2ccc(F)cc2)C1. The fraction of sp³-hybridized carbons (Fsp3) is 0.407. The molecule has 6 heteroatoms. The first-order chi connectivity index (χ1) is 16.0. The van der Waals surface area contributed by atoms with Crippen LogP contribution >= 0.6 is 11.3 Å². The third-order valence-electron chi connectivity index (χ3n) is 6.78. The summed E-state index contributed by atoms with van der Waals surface area (Å²) in [5.41, 5.74) is 3.51. The zero-order valence-electron chi connectivity index (χ0n) is 19.6. The van der Waals surface area contributed by atoms with Crippen LogP contribution in [0, 0.1) is 5.82 Å². The number of hydrogen-bond acceptors (Lipinski definition) is 5. The molecule has 2 aromatic heterocycles. The van der Waals surface area contributed by atoms with Crippen molar-refractivity contribution >= 4 is 23.1 Å². The molecule has 172 valence electrons. The molecule has 1 saturated heterocycles. The van der Waals surface area contributed by atoms with Crippen LogP contribution in [0.5, 0.6) is 0 Å². The number of aryl methyl sites for hydroxylation is 1. The van der Waals surface area contributed by atoms with E-state index in [0.717, 1.165) is 49.9 Å². The molecular weight excluding hydrogens is 431 g/mol. The van der Waals surface area contributed by atoms with Gasteiger partial charge in [0.2, 0.25) is 0 Å². The predicted molar refractivity (Wildman–Crippen MR) is 133 cm³/mol. The van der Waals surface area contributed by atoms with Gasteiger partial charge < -0.3 is 4.90 Å². The largest absolute Gasteiger partial charge is 0.365 e. The van der Waals surface area contributed by atoms with Gasteiger partial charge in [0.25, 0.3) is 0 Å². The average molecular weight is 463 g/mol. The monoisotopic (exact) mass is 462 g/mol. The number of halogens is 1. The van der Waals surface area contributed by atoms with Crippen LogP contribution in [-0.2, 0) is 12.8 Å². The van der Waals surface area contributed by atoms with E-state index in [1.165, 1.54) is 26.4 Å². The van der Waals surface area contributed by atoms with Gasteiger partial charge in [-0.2, -0.15) is 0 Å². The highest BCUT2D eigenvalue weighted by atomic mass is 32.1. The smallest absolute Gasteiger partial charge is 0.123 e. The number of nitrogens with zero attached hydrogens (tertiary/aromatic N) is 4. The van der Waals surface area contributed by atoms with Gasteiger partial charge in [0.15, 0.2) is 0 Å². The van der Waals surface area contributed by atoms with Crippen LogP contribution in [0.25, 0.3) is 11.8 Å². The standard InChI is InChI=1S/C27H31FN4S/c1-18(2)27-30-25-23(33-27)13-9-20-5-4-14-29-24(20)26(25)32-16-15-31(3)22(17-32)12-8-19-6-10-21(28)11-7-19/h4-7,9-11,14,18,22H,8,12-13,15-17H2,1-3H3. The predicted octanol–water partition coefficient (Wildman–Crippen LogP) is 3.54. The minimum Gasteiger partial charge on any atom is -0.365 e. The quantitative estimate of drug-likeness (QED) is 0.581. The van der Waals surface area contributed by atoms with Gasteiger partial charge in [-0.3, -0.25) is 9.88 Å². The van der Waals surface area contributed by atoms with Crippen LogP contribution in [0.4, 0.5) is 4.39 Å². The summed E-state index contributed by atoms with van der Waals surface area (Å²) in [5.74, 6) is 0.245. The number of fused-ring (bicyclic) bond motifs is 2. The van der Waals surface area contributed by atoms with Gasteiger partial charge in [-0.05, 0) is 48.9 Å². The maximum atomic E-state index is 13.3. The lowest BCUT2D eigenvalue weighted by Crippen LogP contribution is -2.52. The Balaban J connectivity index is 1.48. The lowest BCUT2D eigenvalue weighted by atomic mass is 10.0. The first-order valence-electron chi connectivity index (χ1n) is 11.8. The Hall–Kier alpha value is -2.57. The van der Waals surface area contributed by atoms with E-state index in [-0.39, 0.29) is 5.82 Å². The molecule has 1 fully saturated rings. The highest BCUT2D eigenvalue weighted by molar-refractivity contribution is 7.12. The lowest BCUT2D eigenvalue weighted by Gasteiger charge is -2.41. The summed E-state index contributed by atoms with van der Waals surface area (Å²) < 4.78 is 13.3. The summed E-state index contributed by atoms with van der Waals surface area (Å²) in [6.07, 6.45) is 7.09. The van der Waals surface area contributed by atoms with Gasteiger partial charge in [0.1, 0.15) is 11.5 Å². The van der Waals surface area contributed by atoms with Gasteiger partial charge in [-0.15, -0.1) is 11.3 Å². The summed E-state index contributed by atoms with van der Waals surface area (Å²) in [7, 11) is 2.22. The van der Waals surface area contributed by atoms with Gasteiger partial charge in [-0.1, -0.05) is 38.1 Å². The van der Waals surface area contributed by atoms with Crippen LogP contribution < -0.4 is 10.6 Å². The van der Waals surface area contributed by atoms with E-state index in [0.29, 0.717) is 12.0 Å². The Morgan fingerprint density at radius 2 is 1.97 bits per heavy atom. The third kappa shape index (κ3) is 4.59. The zero-order valence-corrected chi connectivity index (χ0v) is 20.4. The topological polar surface area (TPSA) is 32.3 Å². The van der Waals surface area contributed by atoms with Crippen molar-refractivity contribution in [2.24, 2.45) is 0 Å². The molecule has 0 radical (unpaired) electrons. The average Bonchev–Trinajstić information content (AvgIpc) is 3.17. The molecule has 0 spiro atoms. The summed E-state index contributed by atoms with van der Waals surface area (Å²) >= 11 is 1.85. The molecule has 0 amide bonds. The molecule has 0 bridgehead atoms. The number of piperazine rings is 1. The van der Waals surface area contributed by atoms with Crippen LogP contribution in [0.3, 0.4) is 0 Å². The molecule has 0 N–H and O–H groups in total. The van der Waals surface area contributed by atoms with E-state index in [2.05, 4.69) is 42.8 Å². The second-order valence-electron chi connectivity index (χ2n) is 9.42. The van der Waals surface area contributed by atoms with Crippen molar-refractivity contribution in [2.45, 2.75) is 45.1 Å². The minimum absolute atomic E-state index is 0.174. The molecule has 3 heterocycles. The van der Waals surface area contributed by atoms with E-state index in [4.69, 9.17) is 9.97 Å². The van der Waals surface area contributed by atoms with Crippen molar-refractivity contribution in [3.63, 3.8) is 0 Å². The number of hydrogen-bond donors (Lipinski definition) is 0. The molecular formula is C27H31FN4S. The molecule has 3 aromatic rings. The van der Waals surface area contributed by atoms with Crippen molar-refractivity contribution in [3.05, 3.63) is 80.1 Å². The van der Waals surface area contributed by atoms with E-state index < -0.39 is 0 Å². The van der Waals surface area contributed by atoms with Crippen molar-refractivity contribution in [1.29, 1.82) is 0 Å². The Morgan fingerprint density at radius 1 is 1.15 bits per heavy atom. The van der Waals surface area contributed by atoms with Crippen LogP contribution in [0.15, 0.2) is 42.6 Å². The highest BCUT2D eigenvalue weighted by Crippen LogP contribution is 2.32. The number of rotatable bonds is 5. The molecule has 2 aliphatic rings. The molecule has 33 heavy (non-hydrogen) atoms. The van der Waals surface area contributed by atoms with Crippen LogP contribution in [0.2, 0.25) is 0 Å². The molecule has 1 aromatic carbocycles. The summed E-state index contributed by atoms with van der Waals surface area (Å²) in [5, 5.41) is 3.46. The molecule has 1 aliphatic carbocycles. The molecule has 1 atom stereocenters. The normalized spacial score (nSPS) is 18.6. The van der Waals surface area contributed by atoms with Crippen molar-refractivity contribution in [2.75, 3.05) is 26.7 Å². The first kappa shape index (κ1) is 22.2. The van der Waals surface area contributed by atoms with Gasteiger partial charge >= 0.3 is 0 Å². The minimum atomic E-state index is -0.174. The zero-order chi connectivity index (χ0) is 22.9. The second kappa shape index (κ2) is 9.35. The maximum absolute atomic E-state index is 13.3. The third-order valence-corrected chi connectivity index (χ3v) is 8.15. The number of aromatic nitrogens is 2. The van der Waals surface area contributed by atoms with Crippen molar-refractivity contribution in [1.82, 2.24) is 19.8 Å². The molecule has 5 rings (SSSR count). The highest BCUT2D eigenvalue weighted by Gasteiger charge is 2.30. The van der Waals surface area contributed by atoms with E-state index in [9.17, 15) is 4.39 Å². The number of likely N-dealkylation sites (N-methyl/N-ethyl adjacent to an activating group) is 1. The van der Waals surface area contributed by atoms with E-state index in [1.807, 2.05) is 35.7 Å². The van der Waals surface area contributed by atoms with Gasteiger partial charge in [0.05, 0.1) is 16.1 Å². The number of thiazole rings is 1. The van der Waals surface area contributed by atoms with Crippen molar-refractivity contribution < 1.29 is 4.39 Å².